The molecular formula is C13H19N5O. The molecule has 0 saturated carbocycles. The van der Waals surface area contributed by atoms with Gasteiger partial charge in [-0.1, -0.05) is 0 Å². The number of aromatic nitrogens is 4. The standard InChI is InChI=1S/C13H19N5O/c1-8(11-9(2)16-18(5)10(11)3)15-13(19)12-14-6-7-17(12)4/h6-8H,1-5H3,(H,15,19)/t8-/m0/s1. The van der Waals surface area contributed by atoms with E-state index in [-0.39, 0.29) is 11.9 Å². The molecule has 0 aliphatic carbocycles. The van der Waals surface area contributed by atoms with Crippen molar-refractivity contribution in [2.45, 2.75) is 26.8 Å². The van der Waals surface area contributed by atoms with Crippen molar-refractivity contribution >= 4 is 5.91 Å². The number of nitrogens with one attached hydrogen (secondary N) is 1. The SMILES string of the molecule is Cc1nn(C)c(C)c1[C@H](C)NC(=O)c1nccn1C. The van der Waals surface area contributed by atoms with E-state index in [9.17, 15) is 4.79 Å². The molecule has 6 heteroatoms. The molecule has 2 aromatic heterocycles. The molecule has 1 N–H and O–H groups in total. The molecule has 0 fully saturated rings. The molecule has 102 valence electrons. The number of hydrogen-bond donors (Lipinski definition) is 1. The average molecular weight is 261 g/mol. The van der Waals surface area contributed by atoms with Crippen molar-refractivity contribution in [3.05, 3.63) is 35.2 Å². The van der Waals surface area contributed by atoms with E-state index in [0.29, 0.717) is 5.82 Å². The van der Waals surface area contributed by atoms with Crippen LogP contribution in [-0.4, -0.2) is 25.2 Å². The van der Waals surface area contributed by atoms with E-state index in [1.165, 1.54) is 0 Å². The highest BCUT2D eigenvalue weighted by molar-refractivity contribution is 5.91. The van der Waals surface area contributed by atoms with Crippen molar-refractivity contribution in [1.82, 2.24) is 24.6 Å². The van der Waals surface area contributed by atoms with Gasteiger partial charge in [-0.2, -0.15) is 5.10 Å². The minimum atomic E-state index is -0.178. The zero-order chi connectivity index (χ0) is 14.2. The monoisotopic (exact) mass is 261 g/mol. The minimum absolute atomic E-state index is 0.0992. The molecule has 0 unspecified atom stereocenters. The summed E-state index contributed by atoms with van der Waals surface area (Å²) < 4.78 is 3.53. The van der Waals surface area contributed by atoms with Crippen molar-refractivity contribution in [2.24, 2.45) is 14.1 Å². The third-order valence-corrected chi connectivity index (χ3v) is 3.37. The van der Waals surface area contributed by atoms with Crippen molar-refractivity contribution < 1.29 is 4.79 Å². The smallest absolute Gasteiger partial charge is 0.287 e. The Morgan fingerprint density at radius 2 is 2.05 bits per heavy atom. The molecule has 2 heterocycles. The van der Waals surface area contributed by atoms with E-state index < -0.39 is 0 Å². The van der Waals surface area contributed by atoms with Crippen molar-refractivity contribution in [3.8, 4) is 0 Å². The van der Waals surface area contributed by atoms with Crippen LogP contribution < -0.4 is 5.32 Å². The lowest BCUT2D eigenvalue weighted by atomic mass is 10.1. The summed E-state index contributed by atoms with van der Waals surface area (Å²) in [5.74, 6) is 0.230. The summed E-state index contributed by atoms with van der Waals surface area (Å²) in [6.07, 6.45) is 3.36. The van der Waals surface area contributed by atoms with Gasteiger partial charge in [0.15, 0.2) is 5.82 Å². The van der Waals surface area contributed by atoms with E-state index in [1.54, 1.807) is 24.0 Å². The maximum absolute atomic E-state index is 12.1. The molecule has 1 atom stereocenters. The van der Waals surface area contributed by atoms with Gasteiger partial charge in [0, 0.05) is 37.7 Å². The van der Waals surface area contributed by atoms with Gasteiger partial charge in [-0.05, 0) is 20.8 Å². The highest BCUT2D eigenvalue weighted by Gasteiger charge is 2.20. The van der Waals surface area contributed by atoms with Crippen molar-refractivity contribution in [1.29, 1.82) is 0 Å². The summed E-state index contributed by atoms with van der Waals surface area (Å²) in [7, 11) is 3.70. The highest BCUT2D eigenvalue weighted by Crippen LogP contribution is 2.20. The lowest BCUT2D eigenvalue weighted by Crippen LogP contribution is -2.29. The van der Waals surface area contributed by atoms with Crippen LogP contribution >= 0.6 is 0 Å². The molecule has 0 aliphatic rings. The van der Waals surface area contributed by atoms with E-state index >= 15 is 0 Å². The Balaban J connectivity index is 2.20. The number of aryl methyl sites for hydroxylation is 3. The summed E-state index contributed by atoms with van der Waals surface area (Å²) in [5.41, 5.74) is 3.06. The third kappa shape index (κ3) is 2.38. The second-order valence-corrected chi connectivity index (χ2v) is 4.77. The normalized spacial score (nSPS) is 12.5. The molecule has 0 radical (unpaired) electrons. The van der Waals surface area contributed by atoms with Crippen LogP contribution in [-0.2, 0) is 14.1 Å². The molecule has 0 aromatic carbocycles. The average Bonchev–Trinajstić information content (AvgIpc) is 2.84. The van der Waals surface area contributed by atoms with E-state index in [2.05, 4.69) is 15.4 Å². The Kier molecular flexibility index (Phi) is 3.42. The van der Waals surface area contributed by atoms with Gasteiger partial charge in [0.1, 0.15) is 0 Å². The van der Waals surface area contributed by atoms with E-state index in [4.69, 9.17) is 0 Å². The number of carbonyl (C=O) groups is 1. The van der Waals surface area contributed by atoms with Crippen LogP contribution in [0.2, 0.25) is 0 Å². The summed E-state index contributed by atoms with van der Waals surface area (Å²) >= 11 is 0. The number of rotatable bonds is 3. The Morgan fingerprint density at radius 1 is 1.37 bits per heavy atom. The summed E-state index contributed by atoms with van der Waals surface area (Å²) in [6, 6.07) is -0.0992. The number of hydrogen-bond acceptors (Lipinski definition) is 3. The fourth-order valence-electron chi connectivity index (χ4n) is 2.33. The molecule has 0 bridgehead atoms. The molecule has 0 aliphatic heterocycles. The van der Waals surface area contributed by atoms with Gasteiger partial charge in [0.05, 0.1) is 11.7 Å². The van der Waals surface area contributed by atoms with E-state index in [0.717, 1.165) is 17.0 Å². The fraction of sp³-hybridized carbons (Fsp3) is 0.462. The molecule has 6 nitrogen and oxygen atoms in total. The van der Waals surface area contributed by atoms with Crippen LogP contribution in [0.25, 0.3) is 0 Å². The third-order valence-electron chi connectivity index (χ3n) is 3.37. The maximum Gasteiger partial charge on any atom is 0.287 e. The Labute approximate surface area is 112 Å². The maximum atomic E-state index is 12.1. The van der Waals surface area contributed by atoms with Gasteiger partial charge in [-0.25, -0.2) is 4.98 Å². The molecule has 0 saturated heterocycles. The van der Waals surface area contributed by atoms with Gasteiger partial charge >= 0.3 is 0 Å². The molecular weight excluding hydrogens is 242 g/mol. The number of carbonyl (C=O) groups excluding carboxylic acids is 1. The van der Waals surface area contributed by atoms with E-state index in [1.807, 2.05) is 32.5 Å². The second kappa shape index (κ2) is 4.87. The van der Waals surface area contributed by atoms with Crippen LogP contribution in [0.15, 0.2) is 12.4 Å². The second-order valence-electron chi connectivity index (χ2n) is 4.77. The van der Waals surface area contributed by atoms with Crippen LogP contribution in [0.4, 0.5) is 0 Å². The van der Waals surface area contributed by atoms with Crippen LogP contribution in [0.5, 0.6) is 0 Å². The number of nitrogens with zero attached hydrogens (tertiary/aromatic N) is 4. The van der Waals surface area contributed by atoms with Crippen LogP contribution in [0.3, 0.4) is 0 Å². The predicted octanol–water partition coefficient (Wildman–Crippen LogP) is 1.26. The van der Waals surface area contributed by atoms with Gasteiger partial charge < -0.3 is 9.88 Å². The first-order valence-corrected chi connectivity index (χ1v) is 6.20. The summed E-state index contributed by atoms with van der Waals surface area (Å²) in [5, 5.41) is 7.32. The zero-order valence-electron chi connectivity index (χ0n) is 11.9. The first kappa shape index (κ1) is 13.3. The van der Waals surface area contributed by atoms with Gasteiger partial charge in [-0.15, -0.1) is 0 Å². The van der Waals surface area contributed by atoms with Crippen molar-refractivity contribution in [3.63, 3.8) is 0 Å². The molecule has 2 rings (SSSR count). The summed E-state index contributed by atoms with van der Waals surface area (Å²) in [6.45, 7) is 5.91. The topological polar surface area (TPSA) is 64.7 Å². The Morgan fingerprint density at radius 3 is 2.53 bits per heavy atom. The van der Waals surface area contributed by atoms with Crippen LogP contribution in [0.1, 0.15) is 40.5 Å². The van der Waals surface area contributed by atoms with Gasteiger partial charge in [0.2, 0.25) is 0 Å². The van der Waals surface area contributed by atoms with Crippen molar-refractivity contribution in [2.75, 3.05) is 0 Å². The van der Waals surface area contributed by atoms with Gasteiger partial charge in [0.25, 0.3) is 5.91 Å². The fourth-order valence-corrected chi connectivity index (χ4v) is 2.33. The molecule has 1 amide bonds. The quantitative estimate of drug-likeness (QED) is 0.904. The van der Waals surface area contributed by atoms with Gasteiger partial charge in [-0.3, -0.25) is 9.48 Å². The zero-order valence-corrected chi connectivity index (χ0v) is 11.9. The van der Waals surface area contributed by atoms with Crippen LogP contribution in [0, 0.1) is 13.8 Å². The largest absolute Gasteiger partial charge is 0.343 e. The number of amides is 1. The molecule has 19 heavy (non-hydrogen) atoms. The molecule has 2 aromatic rings. The summed E-state index contributed by atoms with van der Waals surface area (Å²) in [4.78, 5) is 16.2. The Hall–Kier alpha value is -2.11. The lowest BCUT2D eigenvalue weighted by molar-refractivity contribution is 0.0926. The highest BCUT2D eigenvalue weighted by atomic mass is 16.2. The number of imidazole rings is 1. The molecule has 0 spiro atoms. The first-order valence-electron chi connectivity index (χ1n) is 6.20. The lowest BCUT2D eigenvalue weighted by Gasteiger charge is -2.14. The Bertz CT molecular complexity index is 611. The first-order chi connectivity index (χ1) is 8.91. The minimum Gasteiger partial charge on any atom is -0.343 e. The predicted molar refractivity (Wildman–Crippen MR) is 71.8 cm³/mol.